The summed E-state index contributed by atoms with van der Waals surface area (Å²) >= 11 is 0. The van der Waals surface area contributed by atoms with Crippen LogP contribution in [-0.2, 0) is 20.8 Å². The van der Waals surface area contributed by atoms with Gasteiger partial charge in [-0.25, -0.2) is 23.5 Å². The zero-order chi connectivity index (χ0) is 28.7. The number of ether oxygens (including phenoxy) is 3. The van der Waals surface area contributed by atoms with Crippen LogP contribution >= 0.6 is 0 Å². The van der Waals surface area contributed by atoms with Crippen molar-refractivity contribution in [2.24, 2.45) is 0 Å². The van der Waals surface area contributed by atoms with Gasteiger partial charge in [-0.15, -0.1) is 5.10 Å². The van der Waals surface area contributed by atoms with Crippen LogP contribution in [0.5, 0.6) is 0 Å². The Morgan fingerprint density at radius 3 is 2.71 bits per heavy atom. The lowest BCUT2D eigenvalue weighted by molar-refractivity contribution is -0.0366. The first kappa shape index (κ1) is 26.7. The van der Waals surface area contributed by atoms with Gasteiger partial charge in [0.15, 0.2) is 6.23 Å². The third-order valence-corrected chi connectivity index (χ3v) is 7.07. The molecule has 3 aromatic heterocycles. The van der Waals surface area contributed by atoms with E-state index in [0.29, 0.717) is 17.4 Å². The molecule has 2 aromatic carbocycles. The molecule has 1 aliphatic heterocycles. The van der Waals surface area contributed by atoms with Crippen molar-refractivity contribution in [3.05, 3.63) is 66.1 Å². The van der Waals surface area contributed by atoms with Crippen LogP contribution in [0.25, 0.3) is 33.1 Å². The highest BCUT2D eigenvalue weighted by Crippen LogP contribution is 2.31. The molecule has 0 bridgehead atoms. The standard InChI is InChI=1S/C30H32N6O5/c1-30(2,3)41-29(38)35-25-14-19(11-12-20(25)15-26(35)28(37)39-4)17-34-18-23(32-33-34)21-8-7-9-24-22(21)16-31-36(24)27-10-5-6-13-40-27/h7-9,11-12,14-16,18,27H,5-6,10,13,17H2,1-4H3. The number of esters is 1. The van der Waals surface area contributed by atoms with Gasteiger partial charge in [0.2, 0.25) is 0 Å². The first-order valence-corrected chi connectivity index (χ1v) is 13.7. The summed E-state index contributed by atoms with van der Waals surface area (Å²) in [4.78, 5) is 25.6. The Morgan fingerprint density at radius 1 is 1.10 bits per heavy atom. The Bertz CT molecular complexity index is 1750. The van der Waals surface area contributed by atoms with Gasteiger partial charge < -0.3 is 14.2 Å². The fraction of sp³-hybridized carbons (Fsp3) is 0.367. The lowest BCUT2D eigenvalue weighted by Gasteiger charge is -2.23. The van der Waals surface area contributed by atoms with Gasteiger partial charge in [-0.2, -0.15) is 5.10 Å². The van der Waals surface area contributed by atoms with Crippen molar-refractivity contribution in [1.29, 1.82) is 0 Å². The van der Waals surface area contributed by atoms with E-state index >= 15 is 0 Å². The molecule has 41 heavy (non-hydrogen) atoms. The highest BCUT2D eigenvalue weighted by atomic mass is 16.6. The SMILES string of the molecule is COC(=O)c1cc2ccc(Cn3cc(-c4cccc5c4cnn5C4CCCCO4)nn3)cc2n1C(=O)OC(C)(C)C. The van der Waals surface area contributed by atoms with E-state index in [0.717, 1.165) is 53.6 Å². The van der Waals surface area contributed by atoms with Crippen molar-refractivity contribution in [2.45, 2.75) is 58.4 Å². The molecule has 1 unspecified atom stereocenters. The fourth-order valence-corrected chi connectivity index (χ4v) is 5.23. The van der Waals surface area contributed by atoms with E-state index in [1.807, 2.05) is 53.5 Å². The van der Waals surface area contributed by atoms with Gasteiger partial charge in [0.1, 0.15) is 17.0 Å². The number of nitrogens with zero attached hydrogens (tertiary/aromatic N) is 6. The summed E-state index contributed by atoms with van der Waals surface area (Å²) in [5, 5.41) is 15.1. The average molecular weight is 557 g/mol. The van der Waals surface area contributed by atoms with Gasteiger partial charge in [0.25, 0.3) is 0 Å². The quantitative estimate of drug-likeness (QED) is 0.258. The fourth-order valence-electron chi connectivity index (χ4n) is 5.23. The molecule has 0 amide bonds. The molecule has 4 heterocycles. The number of aromatic nitrogens is 6. The van der Waals surface area contributed by atoms with Crippen molar-refractivity contribution in [2.75, 3.05) is 13.7 Å². The van der Waals surface area contributed by atoms with Crippen LogP contribution in [0, 0.1) is 0 Å². The predicted octanol–water partition coefficient (Wildman–Crippen LogP) is 5.57. The van der Waals surface area contributed by atoms with Crippen molar-refractivity contribution in [3.63, 3.8) is 0 Å². The molecule has 1 fully saturated rings. The number of fused-ring (bicyclic) bond motifs is 2. The molecular weight excluding hydrogens is 524 g/mol. The minimum atomic E-state index is -0.738. The van der Waals surface area contributed by atoms with Crippen molar-refractivity contribution >= 4 is 33.9 Å². The maximum Gasteiger partial charge on any atom is 0.419 e. The summed E-state index contributed by atoms with van der Waals surface area (Å²) in [6.07, 6.45) is 6.19. The predicted molar refractivity (Wildman–Crippen MR) is 152 cm³/mol. The van der Waals surface area contributed by atoms with Crippen LogP contribution < -0.4 is 0 Å². The van der Waals surface area contributed by atoms with Crippen LogP contribution in [0.3, 0.4) is 0 Å². The van der Waals surface area contributed by atoms with Gasteiger partial charge in [-0.1, -0.05) is 29.5 Å². The van der Waals surface area contributed by atoms with Crippen molar-refractivity contribution in [1.82, 2.24) is 29.3 Å². The lowest BCUT2D eigenvalue weighted by Crippen LogP contribution is -2.29. The second kappa shape index (κ2) is 10.5. The summed E-state index contributed by atoms with van der Waals surface area (Å²) < 4.78 is 21.4. The number of hydrogen-bond donors (Lipinski definition) is 0. The summed E-state index contributed by atoms with van der Waals surface area (Å²) in [7, 11) is 1.28. The maximum absolute atomic E-state index is 13.1. The average Bonchev–Trinajstić information content (AvgIpc) is 3.69. The number of hydrogen-bond acceptors (Lipinski definition) is 8. The number of rotatable bonds is 5. The zero-order valence-corrected chi connectivity index (χ0v) is 23.5. The largest absolute Gasteiger partial charge is 0.464 e. The molecule has 11 nitrogen and oxygen atoms in total. The molecule has 5 aromatic rings. The molecule has 0 radical (unpaired) electrons. The van der Waals surface area contributed by atoms with E-state index in [9.17, 15) is 9.59 Å². The molecule has 212 valence electrons. The second-order valence-electron chi connectivity index (χ2n) is 11.2. The van der Waals surface area contributed by atoms with E-state index in [4.69, 9.17) is 14.2 Å². The minimum Gasteiger partial charge on any atom is -0.464 e. The molecule has 1 saturated heterocycles. The van der Waals surface area contributed by atoms with E-state index in [1.165, 1.54) is 11.7 Å². The third kappa shape index (κ3) is 5.20. The topological polar surface area (TPSA) is 115 Å². The molecule has 11 heteroatoms. The summed E-state index contributed by atoms with van der Waals surface area (Å²) in [5.41, 5.74) is 3.44. The first-order valence-electron chi connectivity index (χ1n) is 13.7. The third-order valence-electron chi connectivity index (χ3n) is 7.07. The lowest BCUT2D eigenvalue weighted by atomic mass is 10.1. The van der Waals surface area contributed by atoms with Crippen molar-refractivity contribution in [3.8, 4) is 11.3 Å². The van der Waals surface area contributed by atoms with Gasteiger partial charge in [0.05, 0.1) is 37.1 Å². The Hall–Kier alpha value is -4.51. The minimum absolute atomic E-state index is 0.0542. The van der Waals surface area contributed by atoms with E-state index in [-0.39, 0.29) is 11.9 Å². The van der Waals surface area contributed by atoms with Gasteiger partial charge in [-0.05, 0) is 63.8 Å². The van der Waals surface area contributed by atoms with Gasteiger partial charge in [-0.3, -0.25) is 0 Å². The molecular formula is C30H32N6O5. The van der Waals surface area contributed by atoms with E-state index in [1.54, 1.807) is 31.5 Å². The van der Waals surface area contributed by atoms with Crippen LogP contribution in [-0.4, -0.2) is 60.7 Å². The highest BCUT2D eigenvalue weighted by molar-refractivity contribution is 6.01. The Balaban J connectivity index is 1.31. The van der Waals surface area contributed by atoms with Gasteiger partial charge >= 0.3 is 12.1 Å². The van der Waals surface area contributed by atoms with Crippen LogP contribution in [0.1, 0.15) is 62.3 Å². The number of carbonyl (C=O) groups is 2. The molecule has 1 atom stereocenters. The summed E-state index contributed by atoms with van der Waals surface area (Å²) in [6, 6.07) is 13.3. The Labute approximate surface area is 236 Å². The molecule has 0 saturated carbocycles. The second-order valence-corrected chi connectivity index (χ2v) is 11.2. The summed E-state index contributed by atoms with van der Waals surface area (Å²) in [6.45, 7) is 6.48. The van der Waals surface area contributed by atoms with E-state index in [2.05, 4.69) is 15.4 Å². The Morgan fingerprint density at radius 2 is 1.95 bits per heavy atom. The molecule has 0 N–H and O–H groups in total. The van der Waals surface area contributed by atoms with Crippen LogP contribution in [0.2, 0.25) is 0 Å². The molecule has 6 rings (SSSR count). The monoisotopic (exact) mass is 556 g/mol. The summed E-state index contributed by atoms with van der Waals surface area (Å²) in [5.74, 6) is -0.623. The normalized spacial score (nSPS) is 15.9. The number of methoxy groups -OCH3 is 1. The molecule has 0 aliphatic carbocycles. The van der Waals surface area contributed by atoms with Crippen LogP contribution in [0.15, 0.2) is 54.9 Å². The first-order chi connectivity index (χ1) is 19.7. The highest BCUT2D eigenvalue weighted by Gasteiger charge is 2.26. The molecule has 1 aliphatic rings. The number of benzene rings is 2. The Kier molecular flexibility index (Phi) is 6.82. The maximum atomic E-state index is 13.1. The van der Waals surface area contributed by atoms with Gasteiger partial charge in [0, 0.05) is 22.9 Å². The van der Waals surface area contributed by atoms with Crippen LogP contribution in [0.4, 0.5) is 4.79 Å². The van der Waals surface area contributed by atoms with E-state index < -0.39 is 17.7 Å². The smallest absolute Gasteiger partial charge is 0.419 e. The molecule has 0 spiro atoms. The zero-order valence-electron chi connectivity index (χ0n) is 23.5. The van der Waals surface area contributed by atoms with Crippen molar-refractivity contribution < 1.29 is 23.8 Å². The number of carbonyl (C=O) groups excluding carboxylic acids is 2.